The number of esters is 1. The van der Waals surface area contributed by atoms with E-state index in [9.17, 15) is 14.4 Å². The van der Waals surface area contributed by atoms with E-state index in [0.717, 1.165) is 12.0 Å². The highest BCUT2D eigenvalue weighted by Gasteiger charge is 2.11. The molecule has 6 heteroatoms. The number of rotatable bonds is 11. The van der Waals surface area contributed by atoms with Crippen LogP contribution in [0.3, 0.4) is 0 Å². The van der Waals surface area contributed by atoms with Crippen molar-refractivity contribution in [3.63, 3.8) is 0 Å². The second kappa shape index (κ2) is 11.5. The highest BCUT2D eigenvalue weighted by Crippen LogP contribution is 2.14. The zero-order valence-corrected chi connectivity index (χ0v) is 16.0. The molecule has 0 aliphatic carbocycles. The van der Waals surface area contributed by atoms with Crippen LogP contribution in [0.5, 0.6) is 5.75 Å². The molecule has 0 aliphatic rings. The fraction of sp³-hybridized carbons (Fsp3) is 0.318. The van der Waals surface area contributed by atoms with Gasteiger partial charge in [-0.2, -0.15) is 0 Å². The van der Waals surface area contributed by atoms with E-state index in [4.69, 9.17) is 9.47 Å². The number of ether oxygens (including phenoxy) is 2. The molecule has 0 atom stereocenters. The van der Waals surface area contributed by atoms with Crippen LogP contribution in [0, 0.1) is 0 Å². The number of hydrogen-bond donors (Lipinski definition) is 1. The predicted octanol–water partition coefficient (Wildman–Crippen LogP) is 3.30. The second-order valence-electron chi connectivity index (χ2n) is 6.22. The normalized spacial score (nSPS) is 10.2. The van der Waals surface area contributed by atoms with Crippen LogP contribution in [-0.4, -0.2) is 30.8 Å². The van der Waals surface area contributed by atoms with E-state index in [1.807, 2.05) is 37.3 Å². The summed E-state index contributed by atoms with van der Waals surface area (Å²) in [5.41, 5.74) is 1.40. The van der Waals surface area contributed by atoms with E-state index in [0.29, 0.717) is 17.9 Å². The summed E-state index contributed by atoms with van der Waals surface area (Å²) in [4.78, 5) is 35.7. The topological polar surface area (TPSA) is 81.7 Å². The van der Waals surface area contributed by atoms with E-state index >= 15 is 0 Å². The monoisotopic (exact) mass is 383 g/mol. The van der Waals surface area contributed by atoms with Crippen molar-refractivity contribution in [3.8, 4) is 5.75 Å². The summed E-state index contributed by atoms with van der Waals surface area (Å²) >= 11 is 0. The lowest BCUT2D eigenvalue weighted by atomic mass is 10.1. The number of ketones is 1. The van der Waals surface area contributed by atoms with Crippen molar-refractivity contribution in [2.45, 2.75) is 32.8 Å². The van der Waals surface area contributed by atoms with Gasteiger partial charge in [-0.05, 0) is 36.2 Å². The molecule has 0 saturated carbocycles. The average Bonchev–Trinajstić information content (AvgIpc) is 2.74. The first-order valence-corrected chi connectivity index (χ1v) is 9.30. The van der Waals surface area contributed by atoms with Crippen molar-refractivity contribution in [3.05, 3.63) is 65.7 Å². The molecule has 0 saturated heterocycles. The molecule has 1 amide bonds. The Morgan fingerprint density at radius 3 is 2.32 bits per heavy atom. The van der Waals surface area contributed by atoms with Gasteiger partial charge in [-0.3, -0.25) is 14.4 Å². The molecule has 0 radical (unpaired) electrons. The van der Waals surface area contributed by atoms with Crippen LogP contribution in [0.1, 0.15) is 42.1 Å². The number of Topliss-reactive ketones (excluding diaryl/α,β-unsaturated/α-hetero) is 1. The van der Waals surface area contributed by atoms with Gasteiger partial charge < -0.3 is 14.8 Å². The molecule has 0 fully saturated rings. The van der Waals surface area contributed by atoms with Crippen molar-refractivity contribution < 1.29 is 23.9 Å². The smallest absolute Gasteiger partial charge is 0.325 e. The standard InChI is InChI=1S/C22H25NO5/c1-2-14-27-19-10-8-18(9-11-19)20(24)12-13-21(25)23-15-22(26)28-16-17-6-4-3-5-7-17/h3-11H,2,12-16H2,1H3,(H,23,25). The Morgan fingerprint density at radius 2 is 1.64 bits per heavy atom. The van der Waals surface area contributed by atoms with Crippen molar-refractivity contribution in [2.24, 2.45) is 0 Å². The molecular weight excluding hydrogens is 358 g/mol. The van der Waals surface area contributed by atoms with Gasteiger partial charge in [-0.1, -0.05) is 37.3 Å². The molecule has 28 heavy (non-hydrogen) atoms. The number of carbonyl (C=O) groups is 3. The van der Waals surface area contributed by atoms with Crippen LogP contribution < -0.4 is 10.1 Å². The maximum absolute atomic E-state index is 12.2. The summed E-state index contributed by atoms with van der Waals surface area (Å²) < 4.78 is 10.6. The van der Waals surface area contributed by atoms with E-state index in [2.05, 4.69) is 5.32 Å². The Kier molecular flexibility index (Phi) is 8.72. The highest BCUT2D eigenvalue weighted by atomic mass is 16.5. The Labute approximate surface area is 164 Å². The summed E-state index contributed by atoms with van der Waals surface area (Å²) in [5.74, 6) is -0.312. The van der Waals surface area contributed by atoms with Gasteiger partial charge in [-0.15, -0.1) is 0 Å². The minimum atomic E-state index is -0.522. The van der Waals surface area contributed by atoms with Crippen LogP contribution >= 0.6 is 0 Å². The molecule has 0 heterocycles. The third kappa shape index (κ3) is 7.61. The van der Waals surface area contributed by atoms with Crippen LogP contribution in [0.25, 0.3) is 0 Å². The number of carbonyl (C=O) groups excluding carboxylic acids is 3. The zero-order chi connectivity index (χ0) is 20.2. The zero-order valence-electron chi connectivity index (χ0n) is 16.0. The lowest BCUT2D eigenvalue weighted by molar-refractivity contribution is -0.145. The summed E-state index contributed by atoms with van der Waals surface area (Å²) in [6.07, 6.45) is 0.995. The first-order valence-electron chi connectivity index (χ1n) is 9.30. The molecule has 0 unspecified atom stereocenters. The average molecular weight is 383 g/mol. The quantitative estimate of drug-likeness (QED) is 0.476. The Hall–Kier alpha value is -3.15. The van der Waals surface area contributed by atoms with E-state index in [1.54, 1.807) is 24.3 Å². The Balaban J connectivity index is 1.65. The van der Waals surface area contributed by atoms with Crippen molar-refractivity contribution >= 4 is 17.7 Å². The molecule has 148 valence electrons. The lowest BCUT2D eigenvalue weighted by Gasteiger charge is -2.07. The molecule has 0 aliphatic heterocycles. The van der Waals surface area contributed by atoms with Crippen molar-refractivity contribution in [1.82, 2.24) is 5.32 Å². The third-order valence-corrected chi connectivity index (χ3v) is 3.90. The highest BCUT2D eigenvalue weighted by molar-refractivity contribution is 5.98. The predicted molar refractivity (Wildman–Crippen MR) is 105 cm³/mol. The number of hydrogen-bond acceptors (Lipinski definition) is 5. The van der Waals surface area contributed by atoms with Gasteiger partial charge in [0.15, 0.2) is 5.78 Å². The van der Waals surface area contributed by atoms with Crippen LogP contribution in [0.15, 0.2) is 54.6 Å². The molecule has 0 aromatic heterocycles. The van der Waals surface area contributed by atoms with Crippen LogP contribution in [-0.2, 0) is 20.9 Å². The van der Waals surface area contributed by atoms with Gasteiger partial charge in [0.1, 0.15) is 18.9 Å². The number of amides is 1. The van der Waals surface area contributed by atoms with Gasteiger partial charge in [0, 0.05) is 18.4 Å². The van der Waals surface area contributed by atoms with Crippen molar-refractivity contribution in [2.75, 3.05) is 13.2 Å². The molecule has 2 aromatic rings. The van der Waals surface area contributed by atoms with E-state index < -0.39 is 5.97 Å². The first-order chi connectivity index (χ1) is 13.6. The molecule has 2 aromatic carbocycles. The molecule has 1 N–H and O–H groups in total. The summed E-state index contributed by atoms with van der Waals surface area (Å²) in [5, 5.41) is 2.47. The van der Waals surface area contributed by atoms with E-state index in [1.165, 1.54) is 0 Å². The minimum Gasteiger partial charge on any atom is -0.494 e. The first kappa shape index (κ1) is 21.2. The van der Waals surface area contributed by atoms with E-state index in [-0.39, 0.29) is 37.7 Å². The maximum Gasteiger partial charge on any atom is 0.325 e. The van der Waals surface area contributed by atoms with Gasteiger partial charge in [0.25, 0.3) is 0 Å². The van der Waals surface area contributed by atoms with Gasteiger partial charge >= 0.3 is 5.97 Å². The number of benzene rings is 2. The largest absolute Gasteiger partial charge is 0.494 e. The third-order valence-electron chi connectivity index (χ3n) is 3.90. The molecule has 0 spiro atoms. The Morgan fingerprint density at radius 1 is 0.929 bits per heavy atom. The van der Waals surface area contributed by atoms with Crippen LogP contribution in [0.4, 0.5) is 0 Å². The molecule has 2 rings (SSSR count). The van der Waals surface area contributed by atoms with Gasteiger partial charge in [-0.25, -0.2) is 0 Å². The molecular formula is C22H25NO5. The fourth-order valence-electron chi connectivity index (χ4n) is 2.38. The molecule has 0 bridgehead atoms. The summed E-state index contributed by atoms with van der Waals surface area (Å²) in [7, 11) is 0. The van der Waals surface area contributed by atoms with Crippen molar-refractivity contribution in [1.29, 1.82) is 0 Å². The molecule has 6 nitrogen and oxygen atoms in total. The minimum absolute atomic E-state index is 0.0128. The van der Waals surface area contributed by atoms with Gasteiger partial charge in [0.05, 0.1) is 6.61 Å². The van der Waals surface area contributed by atoms with Gasteiger partial charge in [0.2, 0.25) is 5.91 Å². The lowest BCUT2D eigenvalue weighted by Crippen LogP contribution is -2.30. The maximum atomic E-state index is 12.2. The second-order valence-corrected chi connectivity index (χ2v) is 6.22. The summed E-state index contributed by atoms with van der Waals surface area (Å²) in [6.45, 7) is 2.59. The van der Waals surface area contributed by atoms with Crippen LogP contribution in [0.2, 0.25) is 0 Å². The SMILES string of the molecule is CCCOc1ccc(C(=O)CCC(=O)NCC(=O)OCc2ccccc2)cc1. The Bertz CT molecular complexity index is 771. The summed E-state index contributed by atoms with van der Waals surface area (Å²) in [6, 6.07) is 16.1. The fourth-order valence-corrected chi connectivity index (χ4v) is 2.38. The number of nitrogens with one attached hydrogen (secondary N) is 1.